The maximum atomic E-state index is 6.05. The van der Waals surface area contributed by atoms with Crippen LogP contribution in [0.2, 0.25) is 0 Å². The highest BCUT2D eigenvalue weighted by atomic mass is 16.5. The smallest absolute Gasteiger partial charge is 0.148 e. The van der Waals surface area contributed by atoms with Gasteiger partial charge in [0.15, 0.2) is 0 Å². The lowest BCUT2D eigenvalue weighted by atomic mass is 10.2. The number of nitrogens with one attached hydrogen (secondary N) is 1. The molecule has 0 aromatic carbocycles. The second-order valence-electron chi connectivity index (χ2n) is 4.08. The fourth-order valence-corrected chi connectivity index (χ4v) is 1.71. The SMILES string of the molecule is CCCc1nn(C)c(NC(C)COC)c1N. The van der Waals surface area contributed by atoms with Crippen molar-refractivity contribution in [2.45, 2.75) is 32.7 Å². The summed E-state index contributed by atoms with van der Waals surface area (Å²) in [5.74, 6) is 0.882. The van der Waals surface area contributed by atoms with Crippen LogP contribution in [0, 0.1) is 0 Å². The Balaban J connectivity index is 2.79. The summed E-state index contributed by atoms with van der Waals surface area (Å²) in [6.07, 6.45) is 1.97. The number of nitrogens with two attached hydrogens (primary N) is 1. The van der Waals surface area contributed by atoms with Crippen molar-refractivity contribution in [1.82, 2.24) is 9.78 Å². The lowest BCUT2D eigenvalue weighted by Gasteiger charge is -2.14. The van der Waals surface area contributed by atoms with Gasteiger partial charge < -0.3 is 15.8 Å². The van der Waals surface area contributed by atoms with Crippen molar-refractivity contribution in [2.75, 3.05) is 24.8 Å². The van der Waals surface area contributed by atoms with Crippen molar-refractivity contribution in [1.29, 1.82) is 0 Å². The molecule has 0 saturated heterocycles. The first-order chi connectivity index (χ1) is 7.60. The van der Waals surface area contributed by atoms with Gasteiger partial charge in [-0.25, -0.2) is 0 Å². The molecule has 0 amide bonds. The lowest BCUT2D eigenvalue weighted by Crippen LogP contribution is -2.22. The molecule has 5 nitrogen and oxygen atoms in total. The highest BCUT2D eigenvalue weighted by Gasteiger charge is 2.14. The molecule has 0 fully saturated rings. The van der Waals surface area contributed by atoms with Crippen LogP contribution in [0.4, 0.5) is 11.5 Å². The van der Waals surface area contributed by atoms with Gasteiger partial charge in [-0.3, -0.25) is 4.68 Å². The van der Waals surface area contributed by atoms with E-state index in [4.69, 9.17) is 10.5 Å². The summed E-state index contributed by atoms with van der Waals surface area (Å²) >= 11 is 0. The molecule has 1 atom stereocenters. The van der Waals surface area contributed by atoms with E-state index >= 15 is 0 Å². The Bertz CT molecular complexity index is 335. The van der Waals surface area contributed by atoms with Gasteiger partial charge in [-0.1, -0.05) is 13.3 Å². The maximum Gasteiger partial charge on any atom is 0.148 e. The highest BCUT2D eigenvalue weighted by molar-refractivity contribution is 5.65. The molecule has 16 heavy (non-hydrogen) atoms. The highest BCUT2D eigenvalue weighted by Crippen LogP contribution is 2.23. The van der Waals surface area contributed by atoms with E-state index in [0.29, 0.717) is 6.61 Å². The van der Waals surface area contributed by atoms with Crippen LogP contribution in [-0.2, 0) is 18.2 Å². The molecule has 1 aromatic heterocycles. The van der Waals surface area contributed by atoms with Crippen molar-refractivity contribution >= 4 is 11.5 Å². The third kappa shape index (κ3) is 2.88. The van der Waals surface area contributed by atoms with Crippen molar-refractivity contribution in [2.24, 2.45) is 7.05 Å². The first-order valence-corrected chi connectivity index (χ1v) is 5.66. The number of hydrogen-bond donors (Lipinski definition) is 2. The fraction of sp³-hybridized carbons (Fsp3) is 0.727. The van der Waals surface area contributed by atoms with Crippen molar-refractivity contribution < 1.29 is 4.74 Å². The average molecular weight is 226 g/mol. The van der Waals surface area contributed by atoms with Crippen LogP contribution in [0.5, 0.6) is 0 Å². The number of aromatic nitrogens is 2. The van der Waals surface area contributed by atoms with E-state index in [2.05, 4.69) is 24.3 Å². The Labute approximate surface area is 97.0 Å². The number of methoxy groups -OCH3 is 1. The normalized spacial score (nSPS) is 12.8. The Hall–Kier alpha value is -1.23. The zero-order chi connectivity index (χ0) is 12.1. The molecule has 1 heterocycles. The minimum atomic E-state index is 0.220. The summed E-state index contributed by atoms with van der Waals surface area (Å²) in [5.41, 5.74) is 7.77. The molecule has 0 bridgehead atoms. The van der Waals surface area contributed by atoms with Crippen molar-refractivity contribution in [3.8, 4) is 0 Å². The topological polar surface area (TPSA) is 65.1 Å². The van der Waals surface area contributed by atoms with Crippen LogP contribution in [0.15, 0.2) is 0 Å². The number of hydrogen-bond acceptors (Lipinski definition) is 4. The molecule has 5 heteroatoms. The molecule has 1 rings (SSSR count). The van der Waals surface area contributed by atoms with E-state index in [1.807, 2.05) is 7.05 Å². The van der Waals surface area contributed by atoms with Crippen LogP contribution in [0.25, 0.3) is 0 Å². The molecule has 0 spiro atoms. The molecular formula is C11H22N4O. The second-order valence-corrected chi connectivity index (χ2v) is 4.08. The van der Waals surface area contributed by atoms with E-state index in [1.54, 1.807) is 11.8 Å². The maximum absolute atomic E-state index is 6.05. The van der Waals surface area contributed by atoms with Crippen LogP contribution >= 0.6 is 0 Å². The van der Waals surface area contributed by atoms with Crippen molar-refractivity contribution in [3.05, 3.63) is 5.69 Å². The molecule has 0 aliphatic carbocycles. The van der Waals surface area contributed by atoms with Gasteiger partial charge in [0.1, 0.15) is 5.82 Å². The summed E-state index contributed by atoms with van der Waals surface area (Å²) in [6, 6.07) is 0.220. The first kappa shape index (κ1) is 12.8. The van der Waals surface area contributed by atoms with Gasteiger partial charge in [0.05, 0.1) is 18.0 Å². The summed E-state index contributed by atoms with van der Waals surface area (Å²) in [5, 5.41) is 7.71. The van der Waals surface area contributed by atoms with E-state index in [9.17, 15) is 0 Å². The van der Waals surface area contributed by atoms with E-state index in [-0.39, 0.29) is 6.04 Å². The zero-order valence-electron chi connectivity index (χ0n) is 10.6. The van der Waals surface area contributed by atoms with Crippen molar-refractivity contribution in [3.63, 3.8) is 0 Å². The van der Waals surface area contributed by atoms with Gasteiger partial charge in [-0.2, -0.15) is 5.10 Å². The average Bonchev–Trinajstić information content (AvgIpc) is 2.47. The van der Waals surface area contributed by atoms with Crippen LogP contribution in [-0.4, -0.2) is 29.5 Å². The largest absolute Gasteiger partial charge is 0.394 e. The Morgan fingerprint density at radius 3 is 2.81 bits per heavy atom. The Morgan fingerprint density at radius 2 is 2.25 bits per heavy atom. The monoisotopic (exact) mass is 226 g/mol. The standard InChI is InChI=1S/C11H22N4O/c1-5-6-9-10(12)11(15(3)14-9)13-8(2)7-16-4/h8,13H,5-7,12H2,1-4H3. The van der Waals surface area contributed by atoms with Crippen LogP contribution < -0.4 is 11.1 Å². The first-order valence-electron chi connectivity index (χ1n) is 5.66. The van der Waals surface area contributed by atoms with Crippen LogP contribution in [0.3, 0.4) is 0 Å². The number of ether oxygens (including phenoxy) is 1. The molecular weight excluding hydrogens is 204 g/mol. The molecule has 0 radical (unpaired) electrons. The number of rotatable bonds is 6. The van der Waals surface area contributed by atoms with E-state index < -0.39 is 0 Å². The van der Waals surface area contributed by atoms with Gasteiger partial charge in [-0.15, -0.1) is 0 Å². The summed E-state index contributed by atoms with van der Waals surface area (Å²) in [4.78, 5) is 0. The second kappa shape index (κ2) is 5.75. The molecule has 3 N–H and O–H groups in total. The third-order valence-corrected chi connectivity index (χ3v) is 2.45. The third-order valence-electron chi connectivity index (χ3n) is 2.45. The lowest BCUT2D eigenvalue weighted by molar-refractivity contribution is 0.190. The summed E-state index contributed by atoms with van der Waals surface area (Å²) in [7, 11) is 3.59. The quantitative estimate of drug-likeness (QED) is 0.769. The molecule has 0 aliphatic rings. The summed E-state index contributed by atoms with van der Waals surface area (Å²) < 4.78 is 6.87. The van der Waals surface area contributed by atoms with E-state index in [1.165, 1.54) is 0 Å². The number of aryl methyl sites for hydroxylation is 2. The minimum Gasteiger partial charge on any atom is -0.394 e. The Morgan fingerprint density at radius 1 is 1.56 bits per heavy atom. The number of nitrogen functional groups attached to an aromatic ring is 1. The van der Waals surface area contributed by atoms with Gasteiger partial charge in [0.25, 0.3) is 0 Å². The van der Waals surface area contributed by atoms with Gasteiger partial charge in [0, 0.05) is 20.2 Å². The minimum absolute atomic E-state index is 0.220. The number of nitrogens with zero attached hydrogens (tertiary/aromatic N) is 2. The molecule has 92 valence electrons. The number of anilines is 2. The molecule has 0 aliphatic heterocycles. The molecule has 0 saturated carbocycles. The van der Waals surface area contributed by atoms with Gasteiger partial charge in [0.2, 0.25) is 0 Å². The van der Waals surface area contributed by atoms with Gasteiger partial charge >= 0.3 is 0 Å². The predicted molar refractivity (Wildman–Crippen MR) is 66.6 cm³/mol. The Kier molecular flexibility index (Phi) is 4.61. The zero-order valence-corrected chi connectivity index (χ0v) is 10.6. The summed E-state index contributed by atoms with van der Waals surface area (Å²) in [6.45, 7) is 4.82. The molecule has 1 aromatic rings. The van der Waals surface area contributed by atoms with Crippen LogP contribution in [0.1, 0.15) is 26.0 Å². The predicted octanol–water partition coefficient (Wildman–Crippen LogP) is 1.40. The van der Waals surface area contributed by atoms with Gasteiger partial charge in [-0.05, 0) is 13.3 Å². The molecule has 1 unspecified atom stereocenters. The fourth-order valence-electron chi connectivity index (χ4n) is 1.71. The van der Waals surface area contributed by atoms with E-state index in [0.717, 1.165) is 30.0 Å².